The molecule has 0 aliphatic heterocycles. The van der Waals surface area contributed by atoms with Crippen molar-refractivity contribution >= 4 is 21.6 Å². The summed E-state index contributed by atoms with van der Waals surface area (Å²) in [6.45, 7) is 2.71. The highest BCUT2D eigenvalue weighted by molar-refractivity contribution is 7.89. The lowest BCUT2D eigenvalue weighted by Gasteiger charge is -2.15. The van der Waals surface area contributed by atoms with Crippen LogP contribution in [0, 0.1) is 5.41 Å². The van der Waals surface area contributed by atoms with E-state index in [1.165, 1.54) is 0 Å². The van der Waals surface area contributed by atoms with Gasteiger partial charge < -0.3 is 0 Å². The fraction of sp³-hybridized carbons (Fsp3) is 0.600. The molecule has 0 radical (unpaired) electrons. The van der Waals surface area contributed by atoms with Gasteiger partial charge in [0.2, 0.25) is 10.0 Å². The van der Waals surface area contributed by atoms with E-state index >= 15 is 0 Å². The highest BCUT2D eigenvalue weighted by Crippen LogP contribution is 2.49. The van der Waals surface area contributed by atoms with Crippen LogP contribution in [0.15, 0.2) is 29.2 Å². The number of alkyl halides is 1. The average molecular weight is 316 g/mol. The molecule has 112 valence electrons. The Labute approximate surface area is 126 Å². The van der Waals surface area contributed by atoms with Crippen LogP contribution in [-0.2, 0) is 16.4 Å². The Bertz CT molecular complexity index is 535. The van der Waals surface area contributed by atoms with Gasteiger partial charge in [-0.2, -0.15) is 0 Å². The Hall–Kier alpha value is -0.580. The third kappa shape index (κ3) is 3.96. The summed E-state index contributed by atoms with van der Waals surface area (Å²) in [4.78, 5) is 0.336. The van der Waals surface area contributed by atoms with Crippen molar-refractivity contribution in [2.75, 3.05) is 12.4 Å². The maximum Gasteiger partial charge on any atom is 0.240 e. The van der Waals surface area contributed by atoms with Crippen molar-refractivity contribution in [3.63, 3.8) is 0 Å². The molecule has 0 aromatic heterocycles. The van der Waals surface area contributed by atoms with Gasteiger partial charge in [-0.15, -0.1) is 11.6 Å². The smallest absolute Gasteiger partial charge is 0.211 e. The zero-order valence-electron chi connectivity index (χ0n) is 11.9. The SMILES string of the molecule is CCCC1(CNS(=O)(=O)c2ccc(CCCl)cc2)CC1. The van der Waals surface area contributed by atoms with Crippen LogP contribution in [0.4, 0.5) is 0 Å². The second-order valence-corrected chi connectivity index (χ2v) is 7.80. The molecule has 1 aromatic carbocycles. The number of benzene rings is 1. The summed E-state index contributed by atoms with van der Waals surface area (Å²) >= 11 is 5.67. The second-order valence-electron chi connectivity index (χ2n) is 5.66. The molecule has 0 heterocycles. The van der Waals surface area contributed by atoms with Crippen LogP contribution < -0.4 is 4.72 Å². The topological polar surface area (TPSA) is 46.2 Å². The summed E-state index contributed by atoms with van der Waals surface area (Å²) in [6, 6.07) is 6.97. The molecular weight excluding hydrogens is 294 g/mol. The Balaban J connectivity index is 1.99. The van der Waals surface area contributed by atoms with E-state index < -0.39 is 10.0 Å². The van der Waals surface area contributed by atoms with Gasteiger partial charge in [-0.1, -0.05) is 25.5 Å². The molecule has 1 fully saturated rings. The molecule has 1 aliphatic rings. The van der Waals surface area contributed by atoms with Crippen molar-refractivity contribution in [2.45, 2.75) is 43.9 Å². The molecule has 5 heteroatoms. The van der Waals surface area contributed by atoms with Crippen molar-refractivity contribution in [3.8, 4) is 0 Å². The fourth-order valence-electron chi connectivity index (χ4n) is 2.50. The maximum absolute atomic E-state index is 12.2. The van der Waals surface area contributed by atoms with Crippen molar-refractivity contribution in [3.05, 3.63) is 29.8 Å². The van der Waals surface area contributed by atoms with Crippen LogP contribution in [0.1, 0.15) is 38.2 Å². The van der Waals surface area contributed by atoms with Crippen LogP contribution in [0.3, 0.4) is 0 Å². The van der Waals surface area contributed by atoms with Crippen molar-refractivity contribution < 1.29 is 8.42 Å². The van der Waals surface area contributed by atoms with E-state index in [1.54, 1.807) is 12.1 Å². The lowest BCUT2D eigenvalue weighted by molar-refractivity contribution is 0.449. The van der Waals surface area contributed by atoms with Gasteiger partial charge in [-0.25, -0.2) is 13.1 Å². The molecule has 2 rings (SSSR count). The lowest BCUT2D eigenvalue weighted by Crippen LogP contribution is -2.30. The molecule has 3 nitrogen and oxygen atoms in total. The summed E-state index contributed by atoms with van der Waals surface area (Å²) in [5, 5.41) is 0. The quantitative estimate of drug-likeness (QED) is 0.748. The van der Waals surface area contributed by atoms with Crippen LogP contribution >= 0.6 is 11.6 Å². The number of nitrogens with one attached hydrogen (secondary N) is 1. The molecule has 0 amide bonds. The van der Waals surface area contributed by atoms with Gasteiger partial charge in [0.15, 0.2) is 0 Å². The fourth-order valence-corrected chi connectivity index (χ4v) is 3.87. The number of aryl methyl sites for hydroxylation is 1. The molecule has 1 N–H and O–H groups in total. The van der Waals surface area contributed by atoms with Crippen molar-refractivity contribution in [1.82, 2.24) is 4.72 Å². The summed E-state index contributed by atoms with van der Waals surface area (Å²) in [5.74, 6) is 0.546. The van der Waals surface area contributed by atoms with E-state index in [0.29, 0.717) is 17.3 Å². The summed E-state index contributed by atoms with van der Waals surface area (Å²) < 4.78 is 27.2. The summed E-state index contributed by atoms with van der Waals surface area (Å²) in [6.07, 6.45) is 5.24. The molecular formula is C15H22ClNO2S. The number of rotatable bonds is 8. The van der Waals surface area contributed by atoms with Crippen LogP contribution in [0.2, 0.25) is 0 Å². The standard InChI is InChI=1S/C15H22ClNO2S/c1-2-8-15(9-10-15)12-17-20(18,19)14-5-3-13(4-6-14)7-11-16/h3-6,17H,2,7-12H2,1H3. The highest BCUT2D eigenvalue weighted by atomic mass is 35.5. The van der Waals surface area contributed by atoms with E-state index in [0.717, 1.165) is 37.7 Å². The van der Waals surface area contributed by atoms with Gasteiger partial charge >= 0.3 is 0 Å². The number of halogens is 1. The maximum atomic E-state index is 12.2. The molecule has 0 saturated heterocycles. The third-order valence-electron chi connectivity index (χ3n) is 3.99. The monoisotopic (exact) mass is 315 g/mol. The van der Waals surface area contributed by atoms with Crippen molar-refractivity contribution in [1.29, 1.82) is 0 Å². The van der Waals surface area contributed by atoms with Crippen molar-refractivity contribution in [2.24, 2.45) is 5.41 Å². The number of hydrogen-bond donors (Lipinski definition) is 1. The first-order valence-electron chi connectivity index (χ1n) is 7.16. The van der Waals surface area contributed by atoms with Gasteiger partial charge in [0.25, 0.3) is 0 Å². The summed E-state index contributed by atoms with van der Waals surface area (Å²) in [5.41, 5.74) is 1.28. The second kappa shape index (κ2) is 6.46. The van der Waals surface area contributed by atoms with Crippen LogP contribution in [0.5, 0.6) is 0 Å². The molecule has 1 aliphatic carbocycles. The average Bonchev–Trinajstić information content (AvgIpc) is 3.19. The van der Waals surface area contributed by atoms with E-state index in [-0.39, 0.29) is 5.41 Å². The van der Waals surface area contributed by atoms with E-state index in [4.69, 9.17) is 11.6 Å². The molecule has 20 heavy (non-hydrogen) atoms. The number of hydrogen-bond acceptors (Lipinski definition) is 2. The third-order valence-corrected chi connectivity index (χ3v) is 5.60. The molecule has 0 atom stereocenters. The van der Waals surface area contributed by atoms with Crippen LogP contribution in [-0.4, -0.2) is 20.8 Å². The van der Waals surface area contributed by atoms with Gasteiger partial charge in [-0.05, 0) is 48.8 Å². The summed E-state index contributed by atoms with van der Waals surface area (Å²) in [7, 11) is -3.39. The molecule has 0 unspecified atom stereocenters. The molecule has 1 aromatic rings. The molecule has 0 spiro atoms. The predicted molar refractivity (Wildman–Crippen MR) is 82.6 cm³/mol. The van der Waals surface area contributed by atoms with Gasteiger partial charge in [0.1, 0.15) is 0 Å². The zero-order chi connectivity index (χ0) is 14.6. The minimum atomic E-state index is -3.39. The molecule has 1 saturated carbocycles. The zero-order valence-corrected chi connectivity index (χ0v) is 13.4. The minimum absolute atomic E-state index is 0.223. The predicted octanol–water partition coefficient (Wildman–Crippen LogP) is 3.33. The van der Waals surface area contributed by atoms with E-state index in [2.05, 4.69) is 11.6 Å². The minimum Gasteiger partial charge on any atom is -0.211 e. The first-order valence-corrected chi connectivity index (χ1v) is 9.18. The van der Waals surface area contributed by atoms with Gasteiger partial charge in [0, 0.05) is 12.4 Å². The first kappa shape index (κ1) is 15.8. The van der Waals surface area contributed by atoms with E-state index in [9.17, 15) is 8.42 Å². The van der Waals surface area contributed by atoms with Gasteiger partial charge in [-0.3, -0.25) is 0 Å². The Morgan fingerprint density at radius 2 is 1.90 bits per heavy atom. The Kier molecular flexibility index (Phi) is 5.10. The molecule has 0 bridgehead atoms. The largest absolute Gasteiger partial charge is 0.240 e. The van der Waals surface area contributed by atoms with E-state index in [1.807, 2.05) is 12.1 Å². The number of sulfonamides is 1. The van der Waals surface area contributed by atoms with Gasteiger partial charge in [0.05, 0.1) is 4.90 Å². The normalized spacial score (nSPS) is 17.1. The Morgan fingerprint density at radius 3 is 2.40 bits per heavy atom. The highest BCUT2D eigenvalue weighted by Gasteiger charge is 2.42. The Morgan fingerprint density at radius 1 is 1.25 bits per heavy atom. The first-order chi connectivity index (χ1) is 9.51. The van der Waals surface area contributed by atoms with Crippen LogP contribution in [0.25, 0.3) is 0 Å². The lowest BCUT2D eigenvalue weighted by atomic mass is 10.0.